The molecular formula is C13H16BrFO. The maximum atomic E-state index is 13.0. The third-order valence-electron chi connectivity index (χ3n) is 3.07. The number of hydrogen-bond acceptors (Lipinski definition) is 1. The standard InChI is InChI=1S/C13H16BrFO/c1-13(2)6-5-12(16-8-13)10-4-3-9(15)7-11(10)14/h3-4,7,12H,5-6,8H2,1-2H3. The van der Waals surface area contributed by atoms with Gasteiger partial charge in [-0.1, -0.05) is 35.8 Å². The topological polar surface area (TPSA) is 9.23 Å². The van der Waals surface area contributed by atoms with Crippen LogP contribution in [0.3, 0.4) is 0 Å². The van der Waals surface area contributed by atoms with Gasteiger partial charge in [-0.2, -0.15) is 0 Å². The highest BCUT2D eigenvalue weighted by molar-refractivity contribution is 9.10. The van der Waals surface area contributed by atoms with Crippen molar-refractivity contribution >= 4 is 15.9 Å². The first-order valence-corrected chi connectivity index (χ1v) is 6.34. The van der Waals surface area contributed by atoms with Crippen LogP contribution in [-0.2, 0) is 4.74 Å². The van der Waals surface area contributed by atoms with Gasteiger partial charge in [-0.3, -0.25) is 0 Å². The van der Waals surface area contributed by atoms with Gasteiger partial charge < -0.3 is 4.74 Å². The molecule has 0 N–H and O–H groups in total. The van der Waals surface area contributed by atoms with Crippen molar-refractivity contribution in [2.45, 2.75) is 32.8 Å². The summed E-state index contributed by atoms with van der Waals surface area (Å²) in [5, 5.41) is 0. The molecule has 1 heterocycles. The van der Waals surface area contributed by atoms with Crippen molar-refractivity contribution in [3.05, 3.63) is 34.1 Å². The van der Waals surface area contributed by atoms with Crippen LogP contribution in [0.15, 0.2) is 22.7 Å². The molecule has 0 aromatic heterocycles. The predicted molar refractivity (Wildman–Crippen MR) is 65.8 cm³/mol. The predicted octanol–water partition coefficient (Wildman–Crippen LogP) is 4.47. The second-order valence-electron chi connectivity index (χ2n) is 5.17. The normalized spacial score (nSPS) is 24.4. The van der Waals surface area contributed by atoms with E-state index in [1.54, 1.807) is 0 Å². The first-order valence-electron chi connectivity index (χ1n) is 5.54. The summed E-state index contributed by atoms with van der Waals surface area (Å²) >= 11 is 3.39. The van der Waals surface area contributed by atoms with Crippen LogP contribution in [0.2, 0.25) is 0 Å². The maximum absolute atomic E-state index is 13.0. The Hall–Kier alpha value is -0.410. The molecule has 1 nitrogen and oxygen atoms in total. The van der Waals surface area contributed by atoms with Crippen molar-refractivity contribution < 1.29 is 9.13 Å². The van der Waals surface area contributed by atoms with E-state index in [4.69, 9.17) is 4.74 Å². The van der Waals surface area contributed by atoms with Crippen LogP contribution in [-0.4, -0.2) is 6.61 Å². The molecule has 0 aliphatic carbocycles. The smallest absolute Gasteiger partial charge is 0.124 e. The average Bonchev–Trinajstić information content (AvgIpc) is 2.19. The molecule has 16 heavy (non-hydrogen) atoms. The number of halogens is 2. The summed E-state index contributed by atoms with van der Waals surface area (Å²) in [6.45, 7) is 5.19. The second kappa shape index (κ2) is 4.46. The minimum atomic E-state index is -0.216. The zero-order valence-corrected chi connectivity index (χ0v) is 11.2. The molecule has 1 aliphatic heterocycles. The Morgan fingerprint density at radius 3 is 2.75 bits per heavy atom. The van der Waals surface area contributed by atoms with E-state index < -0.39 is 0 Å². The van der Waals surface area contributed by atoms with E-state index in [1.165, 1.54) is 12.1 Å². The quantitative estimate of drug-likeness (QED) is 0.740. The molecule has 88 valence electrons. The van der Waals surface area contributed by atoms with Gasteiger partial charge in [-0.15, -0.1) is 0 Å². The fourth-order valence-electron chi connectivity index (χ4n) is 2.01. The molecule has 0 radical (unpaired) electrons. The molecule has 1 aromatic carbocycles. The summed E-state index contributed by atoms with van der Waals surface area (Å²) in [5.74, 6) is -0.216. The van der Waals surface area contributed by atoms with Gasteiger partial charge in [-0.25, -0.2) is 4.39 Å². The average molecular weight is 287 g/mol. The van der Waals surface area contributed by atoms with E-state index in [9.17, 15) is 4.39 Å². The zero-order valence-electron chi connectivity index (χ0n) is 9.59. The molecule has 0 spiro atoms. The Morgan fingerprint density at radius 1 is 1.44 bits per heavy atom. The Bertz CT molecular complexity index is 380. The molecule has 3 heteroatoms. The molecule has 1 fully saturated rings. The molecular weight excluding hydrogens is 271 g/mol. The summed E-state index contributed by atoms with van der Waals surface area (Å²) in [4.78, 5) is 0. The lowest BCUT2D eigenvalue weighted by atomic mass is 9.84. The van der Waals surface area contributed by atoms with Crippen LogP contribution >= 0.6 is 15.9 Å². The van der Waals surface area contributed by atoms with Crippen LogP contribution < -0.4 is 0 Å². The van der Waals surface area contributed by atoms with Gasteiger partial charge in [0.05, 0.1) is 12.7 Å². The Labute approximate surface area is 104 Å². The van der Waals surface area contributed by atoms with E-state index in [0.29, 0.717) is 0 Å². The van der Waals surface area contributed by atoms with Gasteiger partial charge in [0.25, 0.3) is 0 Å². The third kappa shape index (κ3) is 2.64. The van der Waals surface area contributed by atoms with Crippen molar-refractivity contribution in [3.8, 4) is 0 Å². The molecule has 1 atom stereocenters. The van der Waals surface area contributed by atoms with E-state index in [-0.39, 0.29) is 17.3 Å². The van der Waals surface area contributed by atoms with Crippen LogP contribution in [0.1, 0.15) is 38.4 Å². The van der Waals surface area contributed by atoms with Crippen LogP contribution in [0.4, 0.5) is 4.39 Å². The Morgan fingerprint density at radius 2 is 2.19 bits per heavy atom. The van der Waals surface area contributed by atoms with Crippen molar-refractivity contribution in [1.29, 1.82) is 0 Å². The highest BCUT2D eigenvalue weighted by Crippen LogP contribution is 2.39. The van der Waals surface area contributed by atoms with E-state index >= 15 is 0 Å². The molecule has 1 saturated heterocycles. The molecule has 0 amide bonds. The van der Waals surface area contributed by atoms with Gasteiger partial charge in [-0.05, 0) is 36.0 Å². The minimum Gasteiger partial charge on any atom is -0.373 e. The molecule has 2 rings (SSSR count). The molecule has 0 saturated carbocycles. The Kier molecular flexibility index (Phi) is 3.36. The van der Waals surface area contributed by atoms with Crippen molar-refractivity contribution in [1.82, 2.24) is 0 Å². The zero-order chi connectivity index (χ0) is 11.8. The summed E-state index contributed by atoms with van der Waals surface area (Å²) < 4.78 is 19.6. The van der Waals surface area contributed by atoms with E-state index in [2.05, 4.69) is 29.8 Å². The van der Waals surface area contributed by atoms with Crippen molar-refractivity contribution in [2.75, 3.05) is 6.61 Å². The summed E-state index contributed by atoms with van der Waals surface area (Å²) in [5.41, 5.74) is 1.32. The first-order chi connectivity index (χ1) is 7.48. The first kappa shape index (κ1) is 12.1. The lowest BCUT2D eigenvalue weighted by Crippen LogP contribution is -2.27. The highest BCUT2D eigenvalue weighted by Gasteiger charge is 2.29. The number of rotatable bonds is 1. The number of ether oxygens (including phenoxy) is 1. The third-order valence-corrected chi connectivity index (χ3v) is 3.75. The van der Waals surface area contributed by atoms with Crippen LogP contribution in [0, 0.1) is 11.2 Å². The molecule has 1 unspecified atom stereocenters. The van der Waals surface area contributed by atoms with Crippen LogP contribution in [0.5, 0.6) is 0 Å². The fraction of sp³-hybridized carbons (Fsp3) is 0.538. The number of benzene rings is 1. The van der Waals surface area contributed by atoms with E-state index in [1.807, 2.05) is 6.07 Å². The fourth-order valence-corrected chi connectivity index (χ4v) is 2.62. The molecule has 1 aliphatic rings. The van der Waals surface area contributed by atoms with Crippen molar-refractivity contribution in [2.24, 2.45) is 5.41 Å². The van der Waals surface area contributed by atoms with Gasteiger partial charge in [0.15, 0.2) is 0 Å². The van der Waals surface area contributed by atoms with Crippen LogP contribution in [0.25, 0.3) is 0 Å². The lowest BCUT2D eigenvalue weighted by Gasteiger charge is -2.35. The molecule has 0 bridgehead atoms. The highest BCUT2D eigenvalue weighted by atomic mass is 79.9. The lowest BCUT2D eigenvalue weighted by molar-refractivity contribution is -0.0501. The largest absolute Gasteiger partial charge is 0.373 e. The summed E-state index contributed by atoms with van der Waals surface area (Å²) in [7, 11) is 0. The van der Waals surface area contributed by atoms with E-state index in [0.717, 1.165) is 29.5 Å². The Balaban J connectivity index is 2.14. The SMILES string of the molecule is CC1(C)CCC(c2ccc(F)cc2Br)OC1. The van der Waals surface area contributed by atoms with Gasteiger partial charge in [0.1, 0.15) is 5.82 Å². The number of hydrogen-bond donors (Lipinski definition) is 0. The monoisotopic (exact) mass is 286 g/mol. The second-order valence-corrected chi connectivity index (χ2v) is 6.02. The van der Waals surface area contributed by atoms with Gasteiger partial charge in [0, 0.05) is 4.47 Å². The van der Waals surface area contributed by atoms with Gasteiger partial charge >= 0.3 is 0 Å². The summed E-state index contributed by atoms with van der Waals surface area (Å²) in [6.07, 6.45) is 2.24. The molecule has 1 aromatic rings. The minimum absolute atomic E-state index is 0.1000. The van der Waals surface area contributed by atoms with Gasteiger partial charge in [0.2, 0.25) is 0 Å². The van der Waals surface area contributed by atoms with Crippen molar-refractivity contribution in [3.63, 3.8) is 0 Å². The summed E-state index contributed by atoms with van der Waals surface area (Å²) in [6, 6.07) is 4.80. The maximum Gasteiger partial charge on any atom is 0.124 e.